The standard InChI is InChI=1S/C17H15ClN2S/c1-20(2)14-7-3-12(4-8-14)5-10-17-19-15-11-13(18)6-9-16(15)21-17/h3-11H,1-2H3. The summed E-state index contributed by atoms with van der Waals surface area (Å²) in [7, 11) is 4.08. The van der Waals surface area contributed by atoms with Crippen LogP contribution in [0, 0.1) is 0 Å². The fourth-order valence-electron chi connectivity index (χ4n) is 2.04. The highest BCUT2D eigenvalue weighted by Gasteiger charge is 2.01. The number of halogens is 1. The molecule has 0 bridgehead atoms. The van der Waals surface area contributed by atoms with Gasteiger partial charge in [-0.2, -0.15) is 0 Å². The molecule has 0 atom stereocenters. The van der Waals surface area contributed by atoms with Crippen LogP contribution in [0.1, 0.15) is 10.6 Å². The Hall–Kier alpha value is -1.84. The molecule has 0 radical (unpaired) electrons. The molecule has 1 aromatic heterocycles. The maximum Gasteiger partial charge on any atom is 0.117 e. The third-order valence-corrected chi connectivity index (χ3v) is 4.43. The number of hydrogen-bond acceptors (Lipinski definition) is 3. The molecule has 0 saturated heterocycles. The second kappa shape index (κ2) is 5.88. The molecule has 21 heavy (non-hydrogen) atoms. The molecular weight excluding hydrogens is 300 g/mol. The minimum Gasteiger partial charge on any atom is -0.378 e. The van der Waals surface area contributed by atoms with Gasteiger partial charge >= 0.3 is 0 Å². The van der Waals surface area contributed by atoms with E-state index in [0.717, 1.165) is 25.8 Å². The number of anilines is 1. The van der Waals surface area contributed by atoms with E-state index < -0.39 is 0 Å². The Morgan fingerprint density at radius 3 is 2.52 bits per heavy atom. The van der Waals surface area contributed by atoms with Crippen molar-refractivity contribution in [2.24, 2.45) is 0 Å². The number of fused-ring (bicyclic) bond motifs is 1. The second-order valence-electron chi connectivity index (χ2n) is 4.98. The van der Waals surface area contributed by atoms with Crippen LogP contribution in [0.5, 0.6) is 0 Å². The largest absolute Gasteiger partial charge is 0.378 e. The van der Waals surface area contributed by atoms with Crippen LogP contribution in [0.15, 0.2) is 42.5 Å². The summed E-state index contributed by atoms with van der Waals surface area (Å²) >= 11 is 7.65. The van der Waals surface area contributed by atoms with Crippen LogP contribution in [0.25, 0.3) is 22.4 Å². The summed E-state index contributed by atoms with van der Waals surface area (Å²) in [6, 6.07) is 14.2. The Morgan fingerprint density at radius 2 is 1.81 bits per heavy atom. The number of hydrogen-bond donors (Lipinski definition) is 0. The maximum absolute atomic E-state index is 5.98. The van der Waals surface area contributed by atoms with Crippen LogP contribution in [0.3, 0.4) is 0 Å². The zero-order valence-electron chi connectivity index (χ0n) is 11.9. The molecule has 0 fully saturated rings. The lowest BCUT2D eigenvalue weighted by atomic mass is 10.2. The molecule has 0 aliphatic heterocycles. The van der Waals surface area contributed by atoms with Gasteiger partial charge < -0.3 is 4.90 Å². The van der Waals surface area contributed by atoms with Crippen molar-refractivity contribution < 1.29 is 0 Å². The van der Waals surface area contributed by atoms with Crippen LogP contribution in [-0.4, -0.2) is 19.1 Å². The molecule has 0 spiro atoms. The lowest BCUT2D eigenvalue weighted by Gasteiger charge is -2.11. The van der Waals surface area contributed by atoms with Crippen LogP contribution >= 0.6 is 22.9 Å². The monoisotopic (exact) mass is 314 g/mol. The first-order valence-corrected chi connectivity index (χ1v) is 7.83. The van der Waals surface area contributed by atoms with E-state index in [4.69, 9.17) is 11.6 Å². The zero-order chi connectivity index (χ0) is 14.8. The van der Waals surface area contributed by atoms with Crippen molar-refractivity contribution in [2.45, 2.75) is 0 Å². The molecule has 0 unspecified atom stereocenters. The third kappa shape index (κ3) is 3.26. The lowest BCUT2D eigenvalue weighted by Crippen LogP contribution is -2.07. The van der Waals surface area contributed by atoms with Crippen molar-refractivity contribution in [3.05, 3.63) is 58.1 Å². The van der Waals surface area contributed by atoms with E-state index in [9.17, 15) is 0 Å². The van der Waals surface area contributed by atoms with Gasteiger partial charge in [-0.05, 0) is 42.0 Å². The number of benzene rings is 2. The number of thiazole rings is 1. The molecule has 0 aliphatic rings. The molecule has 3 aromatic rings. The van der Waals surface area contributed by atoms with E-state index in [1.54, 1.807) is 11.3 Å². The number of nitrogens with zero attached hydrogens (tertiary/aromatic N) is 2. The summed E-state index contributed by atoms with van der Waals surface area (Å²) < 4.78 is 1.15. The topological polar surface area (TPSA) is 16.1 Å². The summed E-state index contributed by atoms with van der Waals surface area (Å²) in [5.41, 5.74) is 3.31. The number of rotatable bonds is 3. The molecule has 2 nitrogen and oxygen atoms in total. The van der Waals surface area contributed by atoms with Crippen molar-refractivity contribution in [3.8, 4) is 0 Å². The van der Waals surface area contributed by atoms with Crippen molar-refractivity contribution >= 4 is 51.0 Å². The average molecular weight is 315 g/mol. The third-order valence-electron chi connectivity index (χ3n) is 3.19. The SMILES string of the molecule is CN(C)c1ccc(C=Cc2nc3cc(Cl)ccc3s2)cc1. The van der Waals surface area contributed by atoms with Gasteiger partial charge in [0.05, 0.1) is 10.2 Å². The van der Waals surface area contributed by atoms with Gasteiger partial charge in [0, 0.05) is 24.8 Å². The van der Waals surface area contributed by atoms with E-state index >= 15 is 0 Å². The van der Waals surface area contributed by atoms with Gasteiger partial charge in [0.1, 0.15) is 5.01 Å². The summed E-state index contributed by atoms with van der Waals surface area (Å²) in [4.78, 5) is 6.66. The van der Waals surface area contributed by atoms with Crippen molar-refractivity contribution in [2.75, 3.05) is 19.0 Å². The van der Waals surface area contributed by atoms with E-state index in [-0.39, 0.29) is 0 Å². The lowest BCUT2D eigenvalue weighted by molar-refractivity contribution is 1.13. The normalized spacial score (nSPS) is 11.4. The predicted octanol–water partition coefficient (Wildman–Crippen LogP) is 5.19. The van der Waals surface area contributed by atoms with Gasteiger partial charge in [0.15, 0.2) is 0 Å². The van der Waals surface area contributed by atoms with Crippen LogP contribution < -0.4 is 4.90 Å². The van der Waals surface area contributed by atoms with Crippen molar-refractivity contribution in [1.82, 2.24) is 4.98 Å². The van der Waals surface area contributed by atoms with Crippen molar-refractivity contribution in [3.63, 3.8) is 0 Å². The fourth-order valence-corrected chi connectivity index (χ4v) is 3.06. The highest BCUT2D eigenvalue weighted by Crippen LogP contribution is 2.26. The molecule has 3 rings (SSSR count). The Bertz CT molecular complexity index is 788. The van der Waals surface area contributed by atoms with E-state index in [0.29, 0.717) is 0 Å². The zero-order valence-corrected chi connectivity index (χ0v) is 13.4. The molecule has 4 heteroatoms. The highest BCUT2D eigenvalue weighted by molar-refractivity contribution is 7.19. The highest BCUT2D eigenvalue weighted by atomic mass is 35.5. The van der Waals surface area contributed by atoms with Gasteiger partial charge in [0.25, 0.3) is 0 Å². The van der Waals surface area contributed by atoms with Crippen LogP contribution in [0.2, 0.25) is 5.02 Å². The molecule has 0 saturated carbocycles. The molecule has 0 N–H and O–H groups in total. The molecule has 2 aromatic carbocycles. The molecule has 0 amide bonds. The second-order valence-corrected chi connectivity index (χ2v) is 6.48. The Balaban J connectivity index is 1.83. The van der Waals surface area contributed by atoms with Crippen LogP contribution in [0.4, 0.5) is 5.69 Å². The van der Waals surface area contributed by atoms with E-state index in [1.807, 2.05) is 38.4 Å². The molecule has 106 valence electrons. The van der Waals surface area contributed by atoms with Crippen molar-refractivity contribution in [1.29, 1.82) is 0 Å². The Kier molecular flexibility index (Phi) is 3.95. The molecular formula is C17H15ClN2S. The summed E-state index contributed by atoms with van der Waals surface area (Å²) in [6.07, 6.45) is 4.13. The average Bonchev–Trinajstić information content (AvgIpc) is 2.87. The maximum atomic E-state index is 5.98. The first-order valence-electron chi connectivity index (χ1n) is 6.63. The Morgan fingerprint density at radius 1 is 1.05 bits per heavy atom. The van der Waals surface area contributed by atoms with Gasteiger partial charge in [-0.15, -0.1) is 11.3 Å². The predicted molar refractivity (Wildman–Crippen MR) is 94.3 cm³/mol. The first-order chi connectivity index (χ1) is 10.1. The molecule has 1 heterocycles. The summed E-state index contributed by atoms with van der Waals surface area (Å²) in [6.45, 7) is 0. The van der Waals surface area contributed by atoms with Gasteiger partial charge in [-0.3, -0.25) is 0 Å². The van der Waals surface area contributed by atoms with Gasteiger partial charge in [-0.1, -0.05) is 29.8 Å². The van der Waals surface area contributed by atoms with Crippen LogP contribution in [-0.2, 0) is 0 Å². The minimum atomic E-state index is 0.725. The van der Waals surface area contributed by atoms with E-state index in [1.165, 1.54) is 5.69 Å². The van der Waals surface area contributed by atoms with E-state index in [2.05, 4.69) is 40.2 Å². The fraction of sp³-hybridized carbons (Fsp3) is 0.118. The summed E-state index contributed by atoms with van der Waals surface area (Å²) in [5, 5.41) is 1.71. The van der Waals surface area contributed by atoms with Gasteiger partial charge in [0.2, 0.25) is 0 Å². The minimum absolute atomic E-state index is 0.725. The Labute approximate surface area is 133 Å². The first kappa shape index (κ1) is 14.1. The molecule has 0 aliphatic carbocycles. The smallest absolute Gasteiger partial charge is 0.117 e. The summed E-state index contributed by atoms with van der Waals surface area (Å²) in [5.74, 6) is 0. The number of aromatic nitrogens is 1. The van der Waals surface area contributed by atoms with Gasteiger partial charge in [-0.25, -0.2) is 4.98 Å². The quantitative estimate of drug-likeness (QED) is 0.661.